The van der Waals surface area contributed by atoms with Crippen LogP contribution in [0.3, 0.4) is 0 Å². The van der Waals surface area contributed by atoms with Crippen molar-refractivity contribution >= 4 is 17.7 Å². The summed E-state index contributed by atoms with van der Waals surface area (Å²) in [7, 11) is 0. The van der Waals surface area contributed by atoms with Crippen LogP contribution in [-0.2, 0) is 16.1 Å². The number of benzene rings is 1. The summed E-state index contributed by atoms with van der Waals surface area (Å²) >= 11 is 0. The molecule has 172 valence electrons. The molecule has 0 unspecified atom stereocenters. The van der Waals surface area contributed by atoms with Gasteiger partial charge in [0.15, 0.2) is 0 Å². The first-order valence-corrected chi connectivity index (χ1v) is 11.2. The molecule has 2 saturated heterocycles. The number of piperidine rings is 1. The third-order valence-electron chi connectivity index (χ3n) is 6.78. The molecule has 33 heavy (non-hydrogen) atoms. The predicted molar refractivity (Wildman–Crippen MR) is 116 cm³/mol. The van der Waals surface area contributed by atoms with Crippen LogP contribution in [0.25, 0.3) is 11.3 Å². The molecule has 0 radical (unpaired) electrons. The van der Waals surface area contributed by atoms with Gasteiger partial charge in [-0.15, -0.1) is 0 Å². The van der Waals surface area contributed by atoms with Gasteiger partial charge in [0, 0.05) is 48.9 Å². The van der Waals surface area contributed by atoms with Gasteiger partial charge in [-0.05, 0) is 49.6 Å². The lowest BCUT2D eigenvalue weighted by Gasteiger charge is -2.32. The van der Waals surface area contributed by atoms with Crippen molar-refractivity contribution in [3.63, 3.8) is 0 Å². The average molecular weight is 452 g/mol. The Bertz CT molecular complexity index is 1150. The summed E-state index contributed by atoms with van der Waals surface area (Å²) in [5.74, 6) is -1.83. The zero-order valence-electron chi connectivity index (χ0n) is 18.3. The monoisotopic (exact) mass is 452 g/mol. The summed E-state index contributed by atoms with van der Waals surface area (Å²) in [5, 5.41) is 12.0. The van der Waals surface area contributed by atoms with Crippen molar-refractivity contribution in [1.29, 1.82) is 0 Å². The SMILES string of the molecule is C[C@@H]1c2c(ccc(-c3cc(CN4CC[C@@H](O)C4)ccn3)c2F)C(=O)N1[C@H]1CCC(=O)NC1=O. The fourth-order valence-electron chi connectivity index (χ4n) is 5.13. The summed E-state index contributed by atoms with van der Waals surface area (Å²) in [6.45, 7) is 3.75. The number of imide groups is 1. The highest BCUT2D eigenvalue weighted by Crippen LogP contribution is 2.40. The van der Waals surface area contributed by atoms with Crippen LogP contribution >= 0.6 is 0 Å². The van der Waals surface area contributed by atoms with Gasteiger partial charge in [0.2, 0.25) is 11.8 Å². The fourth-order valence-corrected chi connectivity index (χ4v) is 5.13. The minimum absolute atomic E-state index is 0.141. The van der Waals surface area contributed by atoms with E-state index in [9.17, 15) is 19.5 Å². The topological polar surface area (TPSA) is 103 Å². The van der Waals surface area contributed by atoms with Crippen molar-refractivity contribution < 1.29 is 23.9 Å². The summed E-state index contributed by atoms with van der Waals surface area (Å²) < 4.78 is 15.8. The van der Waals surface area contributed by atoms with Gasteiger partial charge in [0.25, 0.3) is 5.91 Å². The van der Waals surface area contributed by atoms with Crippen molar-refractivity contribution in [1.82, 2.24) is 20.1 Å². The van der Waals surface area contributed by atoms with Crippen LogP contribution in [0.15, 0.2) is 30.5 Å². The molecule has 3 atom stereocenters. The first-order valence-electron chi connectivity index (χ1n) is 11.2. The van der Waals surface area contributed by atoms with Crippen LogP contribution < -0.4 is 5.32 Å². The number of aromatic nitrogens is 1. The molecule has 9 heteroatoms. The molecule has 8 nitrogen and oxygen atoms in total. The summed E-state index contributed by atoms with van der Waals surface area (Å²) in [6.07, 6.45) is 2.42. The smallest absolute Gasteiger partial charge is 0.255 e. The Morgan fingerprint density at radius 2 is 1.97 bits per heavy atom. The van der Waals surface area contributed by atoms with E-state index in [1.54, 1.807) is 25.3 Å². The maximum Gasteiger partial charge on any atom is 0.255 e. The number of nitrogens with one attached hydrogen (secondary N) is 1. The van der Waals surface area contributed by atoms with E-state index in [2.05, 4.69) is 15.2 Å². The molecule has 1 aromatic heterocycles. The molecule has 0 saturated carbocycles. The Morgan fingerprint density at radius 1 is 1.18 bits per heavy atom. The van der Waals surface area contributed by atoms with Crippen LogP contribution in [0.1, 0.15) is 53.7 Å². The number of β-amino-alcohol motifs (C(OH)–C–C–N with tert-alkyl or cyclic N) is 1. The number of aliphatic hydroxyl groups excluding tert-OH is 1. The number of rotatable bonds is 4. The molecule has 0 bridgehead atoms. The van der Waals surface area contributed by atoms with Gasteiger partial charge in [-0.25, -0.2) is 4.39 Å². The summed E-state index contributed by atoms with van der Waals surface area (Å²) in [5.41, 5.74) is 2.20. The molecule has 0 spiro atoms. The maximum absolute atomic E-state index is 15.8. The van der Waals surface area contributed by atoms with Gasteiger partial charge in [-0.1, -0.05) is 0 Å². The average Bonchev–Trinajstić information content (AvgIpc) is 3.29. The second kappa shape index (κ2) is 8.31. The number of halogens is 1. The van der Waals surface area contributed by atoms with Crippen LogP contribution in [0.2, 0.25) is 0 Å². The zero-order chi connectivity index (χ0) is 23.3. The van der Waals surface area contributed by atoms with Crippen LogP contribution in [0.4, 0.5) is 4.39 Å². The fraction of sp³-hybridized carbons (Fsp3) is 0.417. The number of carbonyl (C=O) groups is 3. The minimum Gasteiger partial charge on any atom is -0.392 e. The first-order chi connectivity index (χ1) is 15.8. The lowest BCUT2D eigenvalue weighted by Crippen LogP contribution is -2.53. The molecule has 3 amide bonds. The number of nitrogens with zero attached hydrogens (tertiary/aromatic N) is 3. The quantitative estimate of drug-likeness (QED) is 0.686. The Hall–Kier alpha value is -3.17. The largest absolute Gasteiger partial charge is 0.392 e. The molecule has 2 aromatic rings. The number of hydrogen-bond acceptors (Lipinski definition) is 6. The molecule has 0 aliphatic carbocycles. The number of amides is 3. The molecule has 3 aliphatic heterocycles. The Kier molecular flexibility index (Phi) is 5.46. The predicted octanol–water partition coefficient (Wildman–Crippen LogP) is 1.78. The van der Waals surface area contributed by atoms with Gasteiger partial charge >= 0.3 is 0 Å². The van der Waals surface area contributed by atoms with Gasteiger partial charge < -0.3 is 10.0 Å². The number of pyridine rings is 1. The number of aliphatic hydroxyl groups is 1. The Balaban J connectivity index is 1.44. The van der Waals surface area contributed by atoms with Gasteiger partial charge in [-0.2, -0.15) is 0 Å². The zero-order valence-corrected chi connectivity index (χ0v) is 18.3. The molecule has 2 N–H and O–H groups in total. The van der Waals surface area contributed by atoms with E-state index >= 15 is 4.39 Å². The van der Waals surface area contributed by atoms with Crippen molar-refractivity contribution in [2.24, 2.45) is 0 Å². The molecule has 2 fully saturated rings. The van der Waals surface area contributed by atoms with E-state index < -0.39 is 29.7 Å². The van der Waals surface area contributed by atoms with Gasteiger partial charge in [0.05, 0.1) is 17.8 Å². The lowest BCUT2D eigenvalue weighted by atomic mass is 9.98. The van der Waals surface area contributed by atoms with E-state index in [1.807, 2.05) is 12.1 Å². The number of carbonyl (C=O) groups excluding carboxylic acids is 3. The Morgan fingerprint density at radius 3 is 2.70 bits per heavy atom. The van der Waals surface area contributed by atoms with Gasteiger partial charge in [0.1, 0.15) is 11.9 Å². The van der Waals surface area contributed by atoms with Crippen LogP contribution in [-0.4, -0.2) is 62.8 Å². The third kappa shape index (κ3) is 3.81. The van der Waals surface area contributed by atoms with Crippen molar-refractivity contribution in [2.45, 2.75) is 50.9 Å². The number of likely N-dealkylation sites (tertiary alicyclic amines) is 1. The summed E-state index contributed by atoms with van der Waals surface area (Å²) in [6, 6.07) is 5.39. The number of fused-ring (bicyclic) bond motifs is 1. The van der Waals surface area contributed by atoms with E-state index in [4.69, 9.17) is 0 Å². The highest BCUT2D eigenvalue weighted by Gasteiger charge is 2.44. The lowest BCUT2D eigenvalue weighted by molar-refractivity contribution is -0.137. The molecular formula is C24H25FN4O4. The molecular weight excluding hydrogens is 427 g/mol. The van der Waals surface area contributed by atoms with E-state index in [1.165, 1.54) is 4.90 Å². The second-order valence-corrected chi connectivity index (χ2v) is 8.97. The van der Waals surface area contributed by atoms with Crippen molar-refractivity contribution in [3.8, 4) is 11.3 Å². The van der Waals surface area contributed by atoms with E-state index in [0.29, 0.717) is 24.3 Å². The molecule has 5 rings (SSSR count). The third-order valence-corrected chi connectivity index (χ3v) is 6.78. The molecule has 3 aliphatic rings. The van der Waals surface area contributed by atoms with Gasteiger partial charge in [-0.3, -0.25) is 29.6 Å². The van der Waals surface area contributed by atoms with E-state index in [0.717, 1.165) is 18.5 Å². The molecule has 1 aromatic carbocycles. The van der Waals surface area contributed by atoms with Crippen LogP contribution in [0.5, 0.6) is 0 Å². The standard InChI is InChI=1S/C24H25FN4O4/c1-13-21-17(24(33)29(13)19-4-5-20(31)27-23(19)32)3-2-16(22(21)25)18-10-14(6-8-26-18)11-28-9-7-15(30)12-28/h2-3,6,8,10,13,15,19,30H,4-5,7,9,11-12H2,1H3,(H,27,31,32)/t13-,15-,19+/m1/s1. The van der Waals surface area contributed by atoms with E-state index in [-0.39, 0.29) is 36.0 Å². The second-order valence-electron chi connectivity index (χ2n) is 8.97. The highest BCUT2D eigenvalue weighted by molar-refractivity contribution is 6.06. The summed E-state index contributed by atoms with van der Waals surface area (Å²) in [4.78, 5) is 44.8. The minimum atomic E-state index is -0.808. The van der Waals surface area contributed by atoms with Crippen molar-refractivity contribution in [3.05, 3.63) is 53.0 Å². The molecule has 4 heterocycles. The maximum atomic E-state index is 15.8. The Labute approximate surface area is 190 Å². The normalized spacial score (nSPS) is 25.5. The van der Waals surface area contributed by atoms with Crippen molar-refractivity contribution in [2.75, 3.05) is 13.1 Å². The first kappa shape index (κ1) is 21.7. The number of hydrogen-bond donors (Lipinski definition) is 2. The van der Waals surface area contributed by atoms with Crippen LogP contribution in [0, 0.1) is 5.82 Å². The highest BCUT2D eigenvalue weighted by atomic mass is 19.1.